The van der Waals surface area contributed by atoms with E-state index in [1.807, 2.05) is 23.5 Å². The SMILES string of the molecule is Cc1cc2c(cc1N1c3cc4c(cc3B3c5c(cc(-c6ccccc6)cc51)-c1cccc5c1N3c1ccccc1C5(c1ccccc1)c1ccccc1)Sc1ccccc1S4)C(C)(C)CCC2(C)C. The maximum absolute atomic E-state index is 2.76. The van der Waals surface area contributed by atoms with E-state index in [4.69, 9.17) is 0 Å². The minimum absolute atomic E-state index is 0.0443. The largest absolute Gasteiger partial charge is 0.376 e. The molecule has 0 saturated heterocycles. The fraction of sp³-hybridized carbons (Fsp3) is 0.156. The van der Waals surface area contributed by atoms with Gasteiger partial charge in [-0.1, -0.05) is 197 Å². The first-order valence-electron chi connectivity index (χ1n) is 24.6. The zero-order valence-electron chi connectivity index (χ0n) is 39.7. The smallest absolute Gasteiger partial charge is 0.333 e. The molecule has 1 aliphatic carbocycles. The van der Waals surface area contributed by atoms with Crippen LogP contribution in [0.4, 0.5) is 28.4 Å². The van der Waals surface area contributed by atoms with Crippen molar-refractivity contribution in [2.24, 2.45) is 0 Å². The van der Waals surface area contributed by atoms with Crippen molar-refractivity contribution in [3.05, 3.63) is 233 Å². The molecule has 0 aromatic heterocycles. The molecule has 2 nitrogen and oxygen atoms in total. The lowest BCUT2D eigenvalue weighted by Crippen LogP contribution is -2.63. The summed E-state index contributed by atoms with van der Waals surface area (Å²) in [6.07, 6.45) is 2.35. The van der Waals surface area contributed by atoms with Crippen LogP contribution in [0.2, 0.25) is 0 Å². The number of nitrogens with zero attached hydrogens (tertiary/aromatic N) is 2. The van der Waals surface area contributed by atoms with Crippen molar-refractivity contribution in [3.8, 4) is 22.3 Å². The van der Waals surface area contributed by atoms with Crippen molar-refractivity contribution in [2.75, 3.05) is 9.71 Å². The Bertz CT molecular complexity index is 3560. The third kappa shape index (κ3) is 5.84. The van der Waals surface area contributed by atoms with E-state index in [9.17, 15) is 0 Å². The second kappa shape index (κ2) is 14.9. The molecule has 332 valence electrons. The van der Waals surface area contributed by atoms with Crippen LogP contribution in [0, 0.1) is 6.92 Å². The zero-order valence-corrected chi connectivity index (χ0v) is 41.3. The van der Waals surface area contributed by atoms with E-state index >= 15 is 0 Å². The summed E-state index contributed by atoms with van der Waals surface area (Å²) < 4.78 is 0. The molecule has 9 aromatic rings. The molecule has 0 unspecified atom stereocenters. The highest BCUT2D eigenvalue weighted by Gasteiger charge is 2.54. The quantitative estimate of drug-likeness (QED) is 0.162. The Morgan fingerprint density at radius 1 is 0.435 bits per heavy atom. The second-order valence-electron chi connectivity index (χ2n) is 21.1. The first-order chi connectivity index (χ1) is 33.6. The average molecular weight is 923 g/mol. The Morgan fingerprint density at radius 2 is 1.01 bits per heavy atom. The van der Waals surface area contributed by atoms with E-state index in [-0.39, 0.29) is 17.7 Å². The molecule has 0 atom stereocenters. The molecule has 0 amide bonds. The van der Waals surface area contributed by atoms with Crippen LogP contribution < -0.4 is 20.6 Å². The van der Waals surface area contributed by atoms with Crippen LogP contribution in [0.15, 0.2) is 214 Å². The van der Waals surface area contributed by atoms with Crippen molar-refractivity contribution in [1.82, 2.24) is 0 Å². The fourth-order valence-corrected chi connectivity index (χ4v) is 15.2. The Morgan fingerprint density at radius 3 is 1.70 bits per heavy atom. The van der Waals surface area contributed by atoms with Crippen LogP contribution in [0.25, 0.3) is 22.3 Å². The Hall–Kier alpha value is -6.66. The van der Waals surface area contributed by atoms with Crippen molar-refractivity contribution >= 4 is 69.7 Å². The van der Waals surface area contributed by atoms with Gasteiger partial charge in [-0.3, -0.25) is 0 Å². The monoisotopic (exact) mass is 922 g/mol. The zero-order chi connectivity index (χ0) is 46.4. The maximum Gasteiger partial charge on any atom is 0.333 e. The van der Waals surface area contributed by atoms with Gasteiger partial charge in [-0.2, -0.15) is 0 Å². The van der Waals surface area contributed by atoms with Crippen LogP contribution >= 0.6 is 23.5 Å². The predicted molar refractivity (Wildman–Crippen MR) is 292 cm³/mol. The Kier molecular flexibility index (Phi) is 8.94. The van der Waals surface area contributed by atoms with Gasteiger partial charge in [-0.05, 0) is 146 Å². The minimum atomic E-state index is -0.575. The van der Waals surface area contributed by atoms with Crippen molar-refractivity contribution in [1.29, 1.82) is 0 Å². The van der Waals surface area contributed by atoms with Gasteiger partial charge in [0.05, 0.1) is 5.41 Å². The summed E-state index contributed by atoms with van der Waals surface area (Å²) in [4.78, 5) is 10.7. The minimum Gasteiger partial charge on any atom is -0.376 e. The maximum atomic E-state index is 2.76. The van der Waals surface area contributed by atoms with E-state index in [1.165, 1.54) is 127 Å². The van der Waals surface area contributed by atoms with Gasteiger partial charge in [-0.25, -0.2) is 0 Å². The number of benzene rings is 9. The molecule has 0 fully saturated rings. The average Bonchev–Trinajstić information content (AvgIpc) is 3.38. The predicted octanol–water partition coefficient (Wildman–Crippen LogP) is 16.0. The van der Waals surface area contributed by atoms with Gasteiger partial charge in [0.2, 0.25) is 0 Å². The molecule has 0 bridgehead atoms. The van der Waals surface area contributed by atoms with Gasteiger partial charge in [-0.15, -0.1) is 0 Å². The number of fused-ring (bicyclic) bond motifs is 9. The summed E-state index contributed by atoms with van der Waals surface area (Å²) in [5.41, 5.74) is 23.0. The summed E-state index contributed by atoms with van der Waals surface area (Å²) in [7, 11) is 0. The lowest BCUT2D eigenvalue weighted by molar-refractivity contribution is 0.332. The first kappa shape index (κ1) is 41.3. The van der Waals surface area contributed by atoms with E-state index in [1.54, 1.807) is 0 Å². The molecule has 14 rings (SSSR count). The topological polar surface area (TPSA) is 6.48 Å². The molecular formula is C64H51BN2S2. The molecule has 0 spiro atoms. The summed E-state index contributed by atoms with van der Waals surface area (Å²) in [6, 6.07) is 74.4. The van der Waals surface area contributed by atoms with Crippen LogP contribution in [0.5, 0.6) is 0 Å². The number of hydrogen-bond acceptors (Lipinski definition) is 4. The third-order valence-corrected chi connectivity index (χ3v) is 18.8. The van der Waals surface area contributed by atoms with E-state index in [0.29, 0.717) is 0 Å². The lowest BCUT2D eigenvalue weighted by Gasteiger charge is -2.53. The van der Waals surface area contributed by atoms with E-state index in [2.05, 4.69) is 238 Å². The van der Waals surface area contributed by atoms with Gasteiger partial charge in [0.1, 0.15) is 0 Å². The number of anilines is 5. The molecule has 4 aliphatic heterocycles. The number of hydrogen-bond donors (Lipinski definition) is 0. The molecule has 5 aliphatic rings. The number of aryl methyl sites for hydroxylation is 1. The fourth-order valence-electron chi connectivity index (χ4n) is 12.9. The highest BCUT2D eigenvalue weighted by molar-refractivity contribution is 8.05. The summed E-state index contributed by atoms with van der Waals surface area (Å²) in [5.74, 6) is 0. The van der Waals surface area contributed by atoms with Crippen LogP contribution in [-0.4, -0.2) is 6.85 Å². The first-order valence-corrected chi connectivity index (χ1v) is 26.2. The molecule has 9 aromatic carbocycles. The molecule has 4 heterocycles. The molecule has 69 heavy (non-hydrogen) atoms. The van der Waals surface area contributed by atoms with Gasteiger partial charge < -0.3 is 9.71 Å². The Balaban J connectivity index is 1.14. The van der Waals surface area contributed by atoms with Crippen molar-refractivity contribution in [2.45, 2.75) is 83.3 Å². The highest BCUT2D eigenvalue weighted by Crippen LogP contribution is 2.61. The lowest BCUT2D eigenvalue weighted by atomic mass is 9.42. The molecule has 0 saturated carbocycles. The Labute approximate surface area is 415 Å². The molecule has 0 radical (unpaired) electrons. The standard InChI is InChI=1S/C64H51BN2S2/c1-40-34-49-50(63(4,5)33-32-62(49,2)3)37-53(40)66-54-39-59-58(68-56-30-17-18-31-57(56)69-59)38-51(54)65-60-46(35-42(36-55(60)66)41-20-9-6-10-21-41)45-26-19-28-48-61(45)67(65)52-29-16-15-27-47(52)64(48,43-22-11-7-12-23-43)44-24-13-8-14-25-44/h6-31,34-39H,32-33H2,1-5H3. The number of rotatable bonds is 4. The summed E-state index contributed by atoms with van der Waals surface area (Å²) >= 11 is 3.84. The van der Waals surface area contributed by atoms with Crippen LogP contribution in [0.1, 0.15) is 79.5 Å². The van der Waals surface area contributed by atoms with E-state index < -0.39 is 5.41 Å². The van der Waals surface area contributed by atoms with Crippen molar-refractivity contribution in [3.63, 3.8) is 0 Å². The molecule has 5 heteroatoms. The second-order valence-corrected chi connectivity index (χ2v) is 23.3. The van der Waals surface area contributed by atoms with Gasteiger partial charge in [0.25, 0.3) is 0 Å². The van der Waals surface area contributed by atoms with Gasteiger partial charge in [0, 0.05) is 53.6 Å². The molecule has 0 N–H and O–H groups in total. The normalized spacial score (nSPS) is 16.8. The van der Waals surface area contributed by atoms with Crippen LogP contribution in [-0.2, 0) is 16.2 Å². The third-order valence-electron chi connectivity index (χ3n) is 16.3. The van der Waals surface area contributed by atoms with Crippen molar-refractivity contribution < 1.29 is 0 Å². The summed E-state index contributed by atoms with van der Waals surface area (Å²) in [6.45, 7) is 12.1. The van der Waals surface area contributed by atoms with Gasteiger partial charge >= 0.3 is 6.85 Å². The highest BCUT2D eigenvalue weighted by atomic mass is 32.2. The van der Waals surface area contributed by atoms with Crippen LogP contribution in [0.3, 0.4) is 0 Å². The summed E-state index contributed by atoms with van der Waals surface area (Å²) in [5, 5.41) is 0. The van der Waals surface area contributed by atoms with E-state index in [0.717, 1.165) is 6.42 Å². The molecular weight excluding hydrogens is 872 g/mol. The number of para-hydroxylation sites is 2. The van der Waals surface area contributed by atoms with Gasteiger partial charge in [0.15, 0.2) is 0 Å².